The van der Waals surface area contributed by atoms with Crippen LogP contribution in [0.15, 0.2) is 72.9 Å². The number of carbonyl (C=O) groups excluding carboxylic acids is 1. The first-order valence-corrected chi connectivity index (χ1v) is 12.5. The van der Waals surface area contributed by atoms with Gasteiger partial charge in [-0.1, -0.05) is 37.3 Å². The minimum atomic E-state index is -0.393. The molecule has 0 bridgehead atoms. The normalized spacial score (nSPS) is 13.7. The van der Waals surface area contributed by atoms with Gasteiger partial charge in [-0.05, 0) is 55.9 Å². The van der Waals surface area contributed by atoms with Gasteiger partial charge in [-0.2, -0.15) is 0 Å². The number of benzene rings is 2. The molecule has 0 fully saturated rings. The van der Waals surface area contributed by atoms with E-state index in [1.807, 2.05) is 32.2 Å². The second kappa shape index (κ2) is 13.8. The second-order valence-corrected chi connectivity index (χ2v) is 9.48. The van der Waals surface area contributed by atoms with Gasteiger partial charge in [0.2, 0.25) is 0 Å². The van der Waals surface area contributed by atoms with Gasteiger partial charge >= 0.3 is 6.03 Å². The van der Waals surface area contributed by atoms with Crippen molar-refractivity contribution in [3.63, 3.8) is 0 Å². The number of likely N-dealkylation sites (N-methyl/N-ethyl adjacent to an activating group) is 1. The Morgan fingerprint density at radius 2 is 1.76 bits per heavy atom. The Bertz CT molecular complexity index is 1100. The van der Waals surface area contributed by atoms with Crippen LogP contribution in [0.5, 0.6) is 0 Å². The number of hydrogen-bond donors (Lipinski definition) is 2. The number of hydrogen-bond acceptors (Lipinski definition) is 5. The molecule has 0 spiro atoms. The topological polar surface area (TPSA) is 77.9 Å². The molecule has 0 aliphatic rings. The first-order chi connectivity index (χ1) is 17.8. The third-order valence-corrected chi connectivity index (χ3v) is 6.43. The van der Waals surface area contributed by atoms with Crippen LogP contribution in [0.25, 0.3) is 11.3 Å². The number of amides is 2. The monoisotopic (exact) mass is 508 g/mol. The maximum atomic E-state index is 13.2. The fourth-order valence-corrected chi connectivity index (χ4v) is 4.20. The fraction of sp³-hybridized carbons (Fsp3) is 0.379. The number of aliphatic hydroxyl groups is 1. The molecule has 37 heavy (non-hydrogen) atoms. The molecule has 2 N–H and O–H groups in total. The van der Waals surface area contributed by atoms with Crippen LogP contribution in [0, 0.1) is 11.7 Å². The molecule has 8 heteroatoms. The van der Waals surface area contributed by atoms with Gasteiger partial charge in [-0.25, -0.2) is 9.18 Å². The highest BCUT2D eigenvalue weighted by Gasteiger charge is 2.27. The maximum Gasteiger partial charge on any atom is 0.322 e. The summed E-state index contributed by atoms with van der Waals surface area (Å²) in [4.78, 5) is 21.2. The van der Waals surface area contributed by atoms with E-state index in [2.05, 4.69) is 39.5 Å². The molecule has 1 heterocycles. The number of carbonyl (C=O) groups is 1. The van der Waals surface area contributed by atoms with Crippen molar-refractivity contribution in [2.24, 2.45) is 5.92 Å². The van der Waals surface area contributed by atoms with E-state index in [1.165, 1.54) is 29.8 Å². The minimum Gasteiger partial charge on any atom is -0.394 e. The number of aromatic nitrogens is 1. The Labute approximate surface area is 218 Å². The van der Waals surface area contributed by atoms with Crippen molar-refractivity contribution in [1.82, 2.24) is 14.8 Å². The third kappa shape index (κ3) is 8.35. The second-order valence-electron chi connectivity index (χ2n) is 9.48. The highest BCUT2D eigenvalue weighted by Crippen LogP contribution is 2.19. The lowest BCUT2D eigenvalue weighted by Crippen LogP contribution is -2.48. The van der Waals surface area contributed by atoms with Crippen LogP contribution in [-0.4, -0.2) is 71.9 Å². The summed E-state index contributed by atoms with van der Waals surface area (Å²) in [6.45, 7) is 5.46. The highest BCUT2D eigenvalue weighted by molar-refractivity contribution is 5.89. The number of pyridine rings is 1. The number of nitrogens with one attached hydrogen (secondary N) is 1. The van der Waals surface area contributed by atoms with Gasteiger partial charge in [0.15, 0.2) is 0 Å². The molecule has 2 aromatic carbocycles. The zero-order chi connectivity index (χ0) is 26.8. The number of ether oxygens (including phenoxy) is 1. The van der Waals surface area contributed by atoms with Gasteiger partial charge in [0, 0.05) is 50.1 Å². The van der Waals surface area contributed by atoms with Crippen molar-refractivity contribution < 1.29 is 19.0 Å². The van der Waals surface area contributed by atoms with E-state index in [0.717, 1.165) is 17.8 Å². The van der Waals surface area contributed by atoms with Crippen molar-refractivity contribution in [2.45, 2.75) is 32.5 Å². The van der Waals surface area contributed by atoms with Crippen molar-refractivity contribution in [3.05, 3.63) is 84.3 Å². The summed E-state index contributed by atoms with van der Waals surface area (Å²) in [7, 11) is 3.72. The zero-order valence-electron chi connectivity index (χ0n) is 22.0. The van der Waals surface area contributed by atoms with E-state index in [1.54, 1.807) is 25.1 Å². The first kappa shape index (κ1) is 28.2. The lowest BCUT2D eigenvalue weighted by molar-refractivity contribution is 0.0177. The SMILES string of the molecule is CO[C@@H](CN(C)Cc1ccc(-c2ccccn2)cc1)[C@H](C)CN(C(=O)Nc1ccc(F)cc1)[C@@H](C)CO. The van der Waals surface area contributed by atoms with E-state index in [0.29, 0.717) is 18.8 Å². The van der Waals surface area contributed by atoms with Gasteiger partial charge in [-0.15, -0.1) is 0 Å². The van der Waals surface area contributed by atoms with Gasteiger partial charge in [-0.3, -0.25) is 9.88 Å². The Morgan fingerprint density at radius 1 is 1.05 bits per heavy atom. The predicted octanol–water partition coefficient (Wildman–Crippen LogP) is 4.89. The number of rotatable bonds is 12. The molecule has 1 aromatic heterocycles. The minimum absolute atomic E-state index is 0.00745. The summed E-state index contributed by atoms with van der Waals surface area (Å²) in [5.74, 6) is -0.379. The Hall–Kier alpha value is -3.33. The molecule has 7 nitrogen and oxygen atoms in total. The lowest BCUT2D eigenvalue weighted by Gasteiger charge is -2.34. The summed E-state index contributed by atoms with van der Waals surface area (Å²) in [6, 6.07) is 19.1. The van der Waals surface area contributed by atoms with Crippen molar-refractivity contribution >= 4 is 11.7 Å². The van der Waals surface area contributed by atoms with Crippen LogP contribution in [0.2, 0.25) is 0 Å². The molecule has 0 saturated carbocycles. The summed E-state index contributed by atoms with van der Waals surface area (Å²) in [6.07, 6.45) is 1.66. The Morgan fingerprint density at radius 3 is 2.35 bits per heavy atom. The average Bonchev–Trinajstić information content (AvgIpc) is 2.92. The molecule has 0 radical (unpaired) electrons. The summed E-state index contributed by atoms with van der Waals surface area (Å²) in [5.41, 5.74) is 3.69. The van der Waals surface area contributed by atoms with Crippen LogP contribution in [0.3, 0.4) is 0 Å². The zero-order valence-corrected chi connectivity index (χ0v) is 22.0. The number of anilines is 1. The highest BCUT2D eigenvalue weighted by atomic mass is 19.1. The standard InChI is InChI=1S/C29H37FN4O3/c1-21(17-34(22(2)20-35)29(36)32-26-14-12-25(30)13-15-26)28(37-4)19-33(3)18-23-8-10-24(11-9-23)27-7-5-6-16-31-27/h5-16,21-22,28,35H,17-20H2,1-4H3,(H,32,36)/t21-,22+,28+/m1/s1. The van der Waals surface area contributed by atoms with Crippen LogP contribution in [0.1, 0.15) is 19.4 Å². The van der Waals surface area contributed by atoms with Crippen molar-refractivity contribution in [2.75, 3.05) is 39.2 Å². The summed E-state index contributed by atoms with van der Waals surface area (Å²) in [5, 5.41) is 12.5. The van der Waals surface area contributed by atoms with Gasteiger partial charge in [0.1, 0.15) is 5.82 Å². The van der Waals surface area contributed by atoms with E-state index in [9.17, 15) is 14.3 Å². The molecule has 0 unspecified atom stereocenters. The largest absolute Gasteiger partial charge is 0.394 e. The van der Waals surface area contributed by atoms with Crippen molar-refractivity contribution in [1.29, 1.82) is 0 Å². The molecule has 0 saturated heterocycles. The summed E-state index contributed by atoms with van der Waals surface area (Å²) >= 11 is 0. The van der Waals surface area contributed by atoms with E-state index < -0.39 is 6.04 Å². The molecular weight excluding hydrogens is 471 g/mol. The molecule has 0 aliphatic carbocycles. The van der Waals surface area contributed by atoms with Crippen LogP contribution in [-0.2, 0) is 11.3 Å². The van der Waals surface area contributed by atoms with Gasteiger partial charge in [0.25, 0.3) is 0 Å². The molecule has 3 rings (SSSR count). The van der Waals surface area contributed by atoms with Crippen molar-refractivity contribution in [3.8, 4) is 11.3 Å². The van der Waals surface area contributed by atoms with Crippen LogP contribution < -0.4 is 5.32 Å². The molecule has 2 amide bonds. The molecule has 3 aromatic rings. The van der Waals surface area contributed by atoms with Crippen LogP contribution in [0.4, 0.5) is 14.9 Å². The fourth-order valence-electron chi connectivity index (χ4n) is 4.20. The Kier molecular flexibility index (Phi) is 10.6. The molecule has 0 aliphatic heterocycles. The van der Waals surface area contributed by atoms with E-state index in [-0.39, 0.29) is 30.5 Å². The van der Waals surface area contributed by atoms with Gasteiger partial charge < -0.3 is 20.1 Å². The molecule has 198 valence electrons. The molecular formula is C29H37FN4O3. The molecule has 3 atom stereocenters. The number of halogens is 1. The van der Waals surface area contributed by atoms with E-state index in [4.69, 9.17) is 4.74 Å². The van der Waals surface area contributed by atoms with E-state index >= 15 is 0 Å². The lowest BCUT2D eigenvalue weighted by atomic mass is 10.0. The number of nitrogens with zero attached hydrogens (tertiary/aromatic N) is 3. The third-order valence-electron chi connectivity index (χ3n) is 6.43. The predicted molar refractivity (Wildman–Crippen MR) is 145 cm³/mol. The number of urea groups is 1. The Balaban J connectivity index is 1.59. The quantitative estimate of drug-likeness (QED) is 0.364. The summed E-state index contributed by atoms with van der Waals surface area (Å²) < 4.78 is 19.0. The first-order valence-electron chi connectivity index (χ1n) is 12.5. The van der Waals surface area contributed by atoms with Crippen LogP contribution >= 0.6 is 0 Å². The number of methoxy groups -OCH3 is 1. The van der Waals surface area contributed by atoms with Gasteiger partial charge in [0.05, 0.1) is 24.4 Å². The maximum absolute atomic E-state index is 13.2. The smallest absolute Gasteiger partial charge is 0.322 e. The number of aliphatic hydroxyl groups excluding tert-OH is 1. The average molecular weight is 509 g/mol.